The van der Waals surface area contributed by atoms with Crippen molar-refractivity contribution in [3.63, 3.8) is 0 Å². The van der Waals surface area contributed by atoms with E-state index in [1.54, 1.807) is 0 Å². The zero-order chi connectivity index (χ0) is 11.8. The number of nitrogens with zero attached hydrogens (tertiary/aromatic N) is 1. The van der Waals surface area contributed by atoms with Crippen LogP contribution >= 0.6 is 0 Å². The molecule has 1 aliphatic carbocycles. The van der Waals surface area contributed by atoms with Gasteiger partial charge in [-0.05, 0) is 31.9 Å². The quantitative estimate of drug-likeness (QED) is 0.824. The van der Waals surface area contributed by atoms with Gasteiger partial charge in [-0.3, -0.25) is 4.79 Å². The van der Waals surface area contributed by atoms with Gasteiger partial charge in [0, 0.05) is 0 Å². The number of aromatic nitrogens is 2. The Kier molecular flexibility index (Phi) is 2.35. The van der Waals surface area contributed by atoms with E-state index in [1.807, 2.05) is 31.2 Å². The van der Waals surface area contributed by atoms with Crippen molar-refractivity contribution in [3.8, 4) is 0 Å². The van der Waals surface area contributed by atoms with Crippen LogP contribution in [0, 0.1) is 5.92 Å². The molecule has 1 heterocycles. The Balaban J connectivity index is 1.79. The molecule has 0 aliphatic heterocycles. The Morgan fingerprint density at radius 1 is 1.47 bits per heavy atom. The number of para-hydroxylation sites is 2. The Morgan fingerprint density at radius 2 is 2.24 bits per heavy atom. The van der Waals surface area contributed by atoms with Gasteiger partial charge in [0.05, 0.1) is 17.0 Å². The smallest absolute Gasteiger partial charge is 0.309 e. The summed E-state index contributed by atoms with van der Waals surface area (Å²) in [6.45, 7) is 1.85. The molecule has 1 aromatic carbocycles. The number of carbonyl (C=O) groups is 1. The topological polar surface area (TPSA) is 55.0 Å². The molecule has 2 aromatic rings. The fourth-order valence-corrected chi connectivity index (χ4v) is 1.81. The number of benzene rings is 1. The monoisotopic (exact) mass is 230 g/mol. The van der Waals surface area contributed by atoms with E-state index in [2.05, 4.69) is 9.97 Å². The predicted molar refractivity (Wildman–Crippen MR) is 63.3 cm³/mol. The molecule has 0 amide bonds. The minimum atomic E-state index is -0.310. The maximum absolute atomic E-state index is 11.5. The molecular formula is C13H14N2O2. The van der Waals surface area contributed by atoms with Gasteiger partial charge in [-0.1, -0.05) is 12.1 Å². The molecule has 3 rings (SSSR count). The molecule has 1 aliphatic rings. The molecule has 1 N–H and O–H groups in total. The van der Waals surface area contributed by atoms with Gasteiger partial charge in [-0.15, -0.1) is 0 Å². The number of hydrogen-bond acceptors (Lipinski definition) is 3. The van der Waals surface area contributed by atoms with E-state index in [4.69, 9.17) is 4.74 Å². The highest BCUT2D eigenvalue weighted by Gasteiger charge is 2.32. The molecule has 1 saturated carbocycles. The van der Waals surface area contributed by atoms with Gasteiger partial charge < -0.3 is 9.72 Å². The summed E-state index contributed by atoms with van der Waals surface area (Å²) < 4.78 is 5.36. The first-order chi connectivity index (χ1) is 8.24. The van der Waals surface area contributed by atoms with Crippen molar-refractivity contribution in [1.29, 1.82) is 0 Å². The average Bonchev–Trinajstić information content (AvgIpc) is 3.08. The van der Waals surface area contributed by atoms with Gasteiger partial charge in [0.1, 0.15) is 5.82 Å². The van der Waals surface area contributed by atoms with Crippen LogP contribution in [0.1, 0.15) is 31.7 Å². The molecular weight excluding hydrogens is 216 g/mol. The lowest BCUT2D eigenvalue weighted by Crippen LogP contribution is -2.11. The number of H-pyrrole nitrogens is 1. The van der Waals surface area contributed by atoms with Crippen LogP contribution in [0.4, 0.5) is 0 Å². The number of ether oxygens (including phenoxy) is 1. The second kappa shape index (κ2) is 3.87. The van der Waals surface area contributed by atoms with Crippen LogP contribution < -0.4 is 0 Å². The first-order valence-corrected chi connectivity index (χ1v) is 5.89. The van der Waals surface area contributed by atoms with Crippen molar-refractivity contribution in [1.82, 2.24) is 9.97 Å². The summed E-state index contributed by atoms with van der Waals surface area (Å²) in [4.78, 5) is 19.1. The number of fused-ring (bicyclic) bond motifs is 1. The van der Waals surface area contributed by atoms with Gasteiger partial charge in [0.15, 0.2) is 6.10 Å². The average molecular weight is 230 g/mol. The summed E-state index contributed by atoms with van der Waals surface area (Å²) in [7, 11) is 0. The number of nitrogens with one attached hydrogen (secondary N) is 1. The van der Waals surface area contributed by atoms with Crippen LogP contribution in [0.2, 0.25) is 0 Å². The molecule has 88 valence electrons. The van der Waals surface area contributed by atoms with E-state index >= 15 is 0 Å². The Hall–Kier alpha value is -1.84. The molecule has 0 spiro atoms. The summed E-state index contributed by atoms with van der Waals surface area (Å²) in [5, 5.41) is 0. The van der Waals surface area contributed by atoms with Gasteiger partial charge in [0.2, 0.25) is 0 Å². The summed E-state index contributed by atoms with van der Waals surface area (Å²) in [6, 6.07) is 7.78. The third-order valence-corrected chi connectivity index (χ3v) is 3.00. The van der Waals surface area contributed by atoms with E-state index in [0.29, 0.717) is 5.82 Å². The third kappa shape index (κ3) is 2.02. The normalized spacial score (nSPS) is 17.0. The number of rotatable bonds is 3. The van der Waals surface area contributed by atoms with Gasteiger partial charge in [-0.25, -0.2) is 4.98 Å². The van der Waals surface area contributed by atoms with E-state index in [1.165, 1.54) is 0 Å². The maximum Gasteiger partial charge on any atom is 0.309 e. The summed E-state index contributed by atoms with van der Waals surface area (Å²) >= 11 is 0. The van der Waals surface area contributed by atoms with Crippen molar-refractivity contribution >= 4 is 17.0 Å². The molecule has 0 saturated heterocycles. The van der Waals surface area contributed by atoms with Gasteiger partial charge in [-0.2, -0.15) is 0 Å². The Labute approximate surface area is 99.0 Å². The fourth-order valence-electron chi connectivity index (χ4n) is 1.81. The Morgan fingerprint density at radius 3 is 2.94 bits per heavy atom. The van der Waals surface area contributed by atoms with Crippen molar-refractivity contribution in [2.45, 2.75) is 25.9 Å². The SMILES string of the molecule is CC(OC(=O)C1CC1)c1nc2ccccc2[nH]1. The molecule has 0 radical (unpaired) electrons. The van der Waals surface area contributed by atoms with E-state index in [0.717, 1.165) is 23.9 Å². The number of hydrogen-bond donors (Lipinski definition) is 1. The van der Waals surface area contributed by atoms with Crippen LogP contribution in [0.25, 0.3) is 11.0 Å². The molecule has 4 heteroatoms. The molecule has 1 aromatic heterocycles. The minimum Gasteiger partial charge on any atom is -0.454 e. The van der Waals surface area contributed by atoms with Crippen LogP contribution in [-0.4, -0.2) is 15.9 Å². The zero-order valence-corrected chi connectivity index (χ0v) is 9.64. The van der Waals surface area contributed by atoms with Crippen LogP contribution in [0.15, 0.2) is 24.3 Å². The highest BCUT2D eigenvalue weighted by molar-refractivity contribution is 5.76. The summed E-state index contributed by atoms with van der Waals surface area (Å²) in [6.07, 6.45) is 1.62. The fraction of sp³-hybridized carbons (Fsp3) is 0.385. The molecule has 17 heavy (non-hydrogen) atoms. The zero-order valence-electron chi connectivity index (χ0n) is 9.64. The molecule has 1 unspecified atom stereocenters. The van der Waals surface area contributed by atoms with E-state index in [9.17, 15) is 4.79 Å². The van der Waals surface area contributed by atoms with Gasteiger partial charge in [0.25, 0.3) is 0 Å². The number of aromatic amines is 1. The predicted octanol–water partition coefficient (Wildman–Crippen LogP) is 2.58. The molecule has 1 fully saturated rings. The molecule has 1 atom stereocenters. The second-order valence-electron chi connectivity index (χ2n) is 4.49. The lowest BCUT2D eigenvalue weighted by molar-refractivity contribution is -0.150. The largest absolute Gasteiger partial charge is 0.454 e. The highest BCUT2D eigenvalue weighted by Crippen LogP contribution is 2.32. The van der Waals surface area contributed by atoms with Gasteiger partial charge >= 0.3 is 5.97 Å². The Bertz CT molecular complexity index is 524. The lowest BCUT2D eigenvalue weighted by atomic mass is 10.3. The van der Waals surface area contributed by atoms with Crippen LogP contribution in [0.5, 0.6) is 0 Å². The number of esters is 1. The third-order valence-electron chi connectivity index (χ3n) is 3.00. The first-order valence-electron chi connectivity index (χ1n) is 5.89. The lowest BCUT2D eigenvalue weighted by Gasteiger charge is -2.09. The second-order valence-corrected chi connectivity index (χ2v) is 4.49. The van der Waals surface area contributed by atoms with Crippen molar-refractivity contribution < 1.29 is 9.53 Å². The van der Waals surface area contributed by atoms with E-state index < -0.39 is 0 Å². The van der Waals surface area contributed by atoms with E-state index in [-0.39, 0.29) is 18.0 Å². The molecule has 4 nitrogen and oxygen atoms in total. The minimum absolute atomic E-state index is 0.0991. The van der Waals surface area contributed by atoms with Crippen LogP contribution in [0.3, 0.4) is 0 Å². The standard InChI is InChI=1S/C13H14N2O2/c1-8(17-13(16)9-6-7-9)12-14-10-4-2-3-5-11(10)15-12/h2-5,8-9H,6-7H2,1H3,(H,14,15). The first kappa shape index (κ1) is 10.3. The molecule has 0 bridgehead atoms. The van der Waals surface area contributed by atoms with Crippen molar-refractivity contribution in [2.75, 3.05) is 0 Å². The maximum atomic E-state index is 11.5. The number of imidazole rings is 1. The highest BCUT2D eigenvalue weighted by atomic mass is 16.5. The van der Waals surface area contributed by atoms with Crippen molar-refractivity contribution in [2.24, 2.45) is 5.92 Å². The van der Waals surface area contributed by atoms with Crippen LogP contribution in [-0.2, 0) is 9.53 Å². The van der Waals surface area contributed by atoms with Crippen molar-refractivity contribution in [3.05, 3.63) is 30.1 Å². The number of carbonyl (C=O) groups excluding carboxylic acids is 1. The summed E-state index contributed by atoms with van der Waals surface area (Å²) in [5.74, 6) is 0.736. The summed E-state index contributed by atoms with van der Waals surface area (Å²) in [5.41, 5.74) is 1.87.